The van der Waals surface area contributed by atoms with E-state index in [0.29, 0.717) is 12.5 Å². The van der Waals surface area contributed by atoms with Gasteiger partial charge in [-0.3, -0.25) is 4.79 Å². The number of ether oxygens (including phenoxy) is 1. The fourth-order valence-corrected chi connectivity index (χ4v) is 2.45. The molecule has 2 rings (SSSR count). The number of piperidine rings is 1. The zero-order chi connectivity index (χ0) is 14.5. The van der Waals surface area contributed by atoms with Gasteiger partial charge in [0.2, 0.25) is 5.91 Å². The Morgan fingerprint density at radius 1 is 1.40 bits per heavy atom. The van der Waals surface area contributed by atoms with Crippen molar-refractivity contribution in [1.82, 2.24) is 10.2 Å². The van der Waals surface area contributed by atoms with E-state index in [4.69, 9.17) is 4.74 Å². The summed E-state index contributed by atoms with van der Waals surface area (Å²) in [6.07, 6.45) is 1.73. The second-order valence-corrected chi connectivity index (χ2v) is 5.67. The predicted molar refractivity (Wildman–Crippen MR) is 79.7 cm³/mol. The maximum atomic E-state index is 11.5. The molecule has 1 aromatic rings. The first kappa shape index (κ1) is 14.9. The van der Waals surface area contributed by atoms with Crippen LogP contribution in [0.2, 0.25) is 0 Å². The molecule has 0 saturated carbocycles. The zero-order valence-electron chi connectivity index (χ0n) is 12.6. The molecule has 0 bridgehead atoms. The SMILES string of the molecule is CC(C)Oc1ccccc1CNC1CCC(=O)N(C)C1. The van der Waals surface area contributed by atoms with Gasteiger partial charge in [0.05, 0.1) is 6.10 Å². The Morgan fingerprint density at radius 2 is 2.15 bits per heavy atom. The Hall–Kier alpha value is -1.55. The molecule has 1 unspecified atom stereocenters. The molecular weight excluding hydrogens is 252 g/mol. The number of carbonyl (C=O) groups excluding carboxylic acids is 1. The Kier molecular flexibility index (Phi) is 5.01. The molecule has 0 spiro atoms. The summed E-state index contributed by atoms with van der Waals surface area (Å²) in [6.45, 7) is 5.62. The third-order valence-electron chi connectivity index (χ3n) is 3.54. The smallest absolute Gasteiger partial charge is 0.222 e. The molecular formula is C16H24N2O2. The molecule has 1 N–H and O–H groups in total. The summed E-state index contributed by atoms with van der Waals surface area (Å²) in [5.74, 6) is 1.18. The van der Waals surface area contributed by atoms with Crippen molar-refractivity contribution in [3.63, 3.8) is 0 Å². The summed E-state index contributed by atoms with van der Waals surface area (Å²) >= 11 is 0. The van der Waals surface area contributed by atoms with Crippen LogP contribution in [0.1, 0.15) is 32.3 Å². The highest BCUT2D eigenvalue weighted by atomic mass is 16.5. The maximum absolute atomic E-state index is 11.5. The normalized spacial score (nSPS) is 19.5. The first-order valence-corrected chi connectivity index (χ1v) is 7.28. The summed E-state index contributed by atoms with van der Waals surface area (Å²) in [4.78, 5) is 13.3. The van der Waals surface area contributed by atoms with Gasteiger partial charge in [-0.25, -0.2) is 0 Å². The molecule has 110 valence electrons. The number of nitrogens with zero attached hydrogens (tertiary/aromatic N) is 1. The molecule has 1 atom stereocenters. The van der Waals surface area contributed by atoms with Crippen LogP contribution in [0.3, 0.4) is 0 Å². The third kappa shape index (κ3) is 3.97. The number of amides is 1. The molecule has 1 fully saturated rings. The minimum absolute atomic E-state index is 0.176. The van der Waals surface area contributed by atoms with E-state index in [-0.39, 0.29) is 12.0 Å². The number of para-hydroxylation sites is 1. The molecule has 4 heteroatoms. The number of likely N-dealkylation sites (N-methyl/N-ethyl adjacent to an activating group) is 1. The van der Waals surface area contributed by atoms with Gasteiger partial charge < -0.3 is 15.0 Å². The number of carbonyl (C=O) groups is 1. The van der Waals surface area contributed by atoms with Crippen molar-refractivity contribution >= 4 is 5.91 Å². The lowest BCUT2D eigenvalue weighted by Gasteiger charge is -2.30. The average Bonchev–Trinajstić information content (AvgIpc) is 2.41. The molecule has 20 heavy (non-hydrogen) atoms. The van der Waals surface area contributed by atoms with Crippen LogP contribution in [-0.4, -0.2) is 36.5 Å². The fourth-order valence-electron chi connectivity index (χ4n) is 2.45. The first-order valence-electron chi connectivity index (χ1n) is 7.28. The fraction of sp³-hybridized carbons (Fsp3) is 0.562. The van der Waals surface area contributed by atoms with Crippen LogP contribution in [0.4, 0.5) is 0 Å². The van der Waals surface area contributed by atoms with Crippen LogP contribution in [0.15, 0.2) is 24.3 Å². The summed E-state index contributed by atoms with van der Waals surface area (Å²) in [5.41, 5.74) is 1.17. The highest BCUT2D eigenvalue weighted by Crippen LogP contribution is 2.20. The van der Waals surface area contributed by atoms with Gasteiger partial charge in [0, 0.05) is 38.2 Å². The van der Waals surface area contributed by atoms with E-state index in [1.165, 1.54) is 5.56 Å². The van der Waals surface area contributed by atoms with Gasteiger partial charge >= 0.3 is 0 Å². The van der Waals surface area contributed by atoms with Crippen LogP contribution < -0.4 is 10.1 Å². The number of benzene rings is 1. The van der Waals surface area contributed by atoms with E-state index in [1.54, 1.807) is 4.90 Å². The lowest BCUT2D eigenvalue weighted by molar-refractivity contribution is -0.132. The molecule has 1 aromatic carbocycles. The summed E-state index contributed by atoms with van der Waals surface area (Å²) in [5, 5.41) is 3.53. The standard InChI is InChI=1S/C16H24N2O2/c1-12(2)20-15-7-5-4-6-13(15)10-17-14-8-9-16(19)18(3)11-14/h4-7,12,14,17H,8-11H2,1-3H3. The largest absolute Gasteiger partial charge is 0.491 e. The van der Waals surface area contributed by atoms with Gasteiger partial charge in [-0.05, 0) is 26.3 Å². The number of likely N-dealkylation sites (tertiary alicyclic amines) is 1. The van der Waals surface area contributed by atoms with Crippen LogP contribution in [0.25, 0.3) is 0 Å². The number of rotatable bonds is 5. The van der Waals surface area contributed by atoms with E-state index >= 15 is 0 Å². The molecule has 1 saturated heterocycles. The zero-order valence-corrected chi connectivity index (χ0v) is 12.6. The van der Waals surface area contributed by atoms with Gasteiger partial charge in [0.25, 0.3) is 0 Å². The lowest BCUT2D eigenvalue weighted by Crippen LogP contribution is -2.46. The van der Waals surface area contributed by atoms with Crippen LogP contribution in [-0.2, 0) is 11.3 Å². The molecule has 1 amide bonds. The molecule has 1 aliphatic heterocycles. The van der Waals surface area contributed by atoms with E-state index in [9.17, 15) is 4.79 Å². The lowest BCUT2D eigenvalue weighted by atomic mass is 10.1. The molecule has 4 nitrogen and oxygen atoms in total. The first-order chi connectivity index (χ1) is 9.56. The monoisotopic (exact) mass is 276 g/mol. The maximum Gasteiger partial charge on any atom is 0.222 e. The minimum atomic E-state index is 0.176. The van der Waals surface area contributed by atoms with Crippen molar-refractivity contribution in [2.45, 2.75) is 45.4 Å². The van der Waals surface area contributed by atoms with Gasteiger partial charge in [0.1, 0.15) is 5.75 Å². The highest BCUT2D eigenvalue weighted by Gasteiger charge is 2.22. The van der Waals surface area contributed by atoms with Crippen molar-refractivity contribution in [3.8, 4) is 5.75 Å². The van der Waals surface area contributed by atoms with E-state index < -0.39 is 0 Å². The number of hydrogen-bond acceptors (Lipinski definition) is 3. The Bertz CT molecular complexity index is 460. The van der Waals surface area contributed by atoms with Crippen molar-refractivity contribution in [1.29, 1.82) is 0 Å². The third-order valence-corrected chi connectivity index (χ3v) is 3.54. The van der Waals surface area contributed by atoms with E-state index in [2.05, 4.69) is 11.4 Å². The van der Waals surface area contributed by atoms with Crippen molar-refractivity contribution in [2.75, 3.05) is 13.6 Å². The Morgan fingerprint density at radius 3 is 2.85 bits per heavy atom. The molecule has 0 aromatic heterocycles. The summed E-state index contributed by atoms with van der Waals surface area (Å²) in [7, 11) is 1.87. The summed E-state index contributed by atoms with van der Waals surface area (Å²) < 4.78 is 5.82. The minimum Gasteiger partial charge on any atom is -0.491 e. The molecule has 0 aliphatic carbocycles. The van der Waals surface area contributed by atoms with E-state index in [0.717, 1.165) is 25.3 Å². The Labute approximate surface area is 121 Å². The average molecular weight is 276 g/mol. The highest BCUT2D eigenvalue weighted by molar-refractivity contribution is 5.76. The van der Waals surface area contributed by atoms with Crippen LogP contribution >= 0.6 is 0 Å². The molecule has 0 radical (unpaired) electrons. The van der Waals surface area contributed by atoms with Gasteiger partial charge in [-0.15, -0.1) is 0 Å². The molecule has 1 heterocycles. The second kappa shape index (κ2) is 6.75. The van der Waals surface area contributed by atoms with E-state index in [1.807, 2.05) is 39.1 Å². The van der Waals surface area contributed by atoms with Gasteiger partial charge in [-0.2, -0.15) is 0 Å². The predicted octanol–water partition coefficient (Wildman–Crippen LogP) is 2.18. The number of nitrogens with one attached hydrogen (secondary N) is 1. The second-order valence-electron chi connectivity index (χ2n) is 5.67. The van der Waals surface area contributed by atoms with Crippen molar-refractivity contribution in [2.24, 2.45) is 0 Å². The quantitative estimate of drug-likeness (QED) is 0.896. The van der Waals surface area contributed by atoms with Crippen LogP contribution in [0.5, 0.6) is 5.75 Å². The van der Waals surface area contributed by atoms with Gasteiger partial charge in [-0.1, -0.05) is 18.2 Å². The van der Waals surface area contributed by atoms with Crippen LogP contribution in [0, 0.1) is 0 Å². The van der Waals surface area contributed by atoms with Crippen molar-refractivity contribution in [3.05, 3.63) is 29.8 Å². The van der Waals surface area contributed by atoms with Crippen molar-refractivity contribution < 1.29 is 9.53 Å². The summed E-state index contributed by atoms with van der Waals surface area (Å²) in [6, 6.07) is 8.48. The topological polar surface area (TPSA) is 41.6 Å². The van der Waals surface area contributed by atoms with Gasteiger partial charge in [0.15, 0.2) is 0 Å². The molecule has 1 aliphatic rings. The number of hydrogen-bond donors (Lipinski definition) is 1. The Balaban J connectivity index is 1.92.